The molecule has 0 bridgehead atoms. The van der Waals surface area contributed by atoms with Crippen molar-refractivity contribution in [2.75, 3.05) is 6.54 Å². The van der Waals surface area contributed by atoms with Crippen LogP contribution >= 0.6 is 11.6 Å². The molecule has 2 unspecified atom stereocenters. The van der Waals surface area contributed by atoms with Gasteiger partial charge in [-0.3, -0.25) is 14.7 Å². The van der Waals surface area contributed by atoms with E-state index in [4.69, 9.17) is 11.6 Å². The molecule has 3 rings (SSSR count). The van der Waals surface area contributed by atoms with Gasteiger partial charge in [0.05, 0.1) is 17.3 Å². The molecule has 0 amide bonds. The van der Waals surface area contributed by atoms with E-state index in [-0.39, 0.29) is 10.6 Å². The molecule has 0 spiro atoms. The zero-order valence-electron chi connectivity index (χ0n) is 14.3. The van der Waals surface area contributed by atoms with Crippen molar-refractivity contribution >= 4 is 17.6 Å². The molecule has 1 aliphatic heterocycles. The molecule has 0 radical (unpaired) electrons. The first-order valence-corrected chi connectivity index (χ1v) is 8.93. The number of halogens is 4. The van der Waals surface area contributed by atoms with Crippen molar-refractivity contribution in [1.29, 1.82) is 0 Å². The number of piperidine rings is 1. The molecule has 1 fully saturated rings. The molecule has 2 heterocycles. The summed E-state index contributed by atoms with van der Waals surface area (Å²) in [5.74, 6) is -1.00. The third-order valence-corrected chi connectivity index (χ3v) is 5.09. The second-order valence-corrected chi connectivity index (χ2v) is 6.89. The third-order valence-electron chi connectivity index (χ3n) is 4.75. The predicted octanol–water partition coefficient (Wildman–Crippen LogP) is 4.78. The number of carboxylic acids is 1. The normalized spacial score (nSPS) is 19.6. The van der Waals surface area contributed by atoms with Gasteiger partial charge in [-0.2, -0.15) is 13.2 Å². The highest BCUT2D eigenvalue weighted by atomic mass is 35.5. The second-order valence-electron chi connectivity index (χ2n) is 6.48. The number of benzene rings is 1. The van der Waals surface area contributed by atoms with Gasteiger partial charge in [-0.1, -0.05) is 24.1 Å². The van der Waals surface area contributed by atoms with Crippen molar-refractivity contribution < 1.29 is 23.1 Å². The van der Waals surface area contributed by atoms with Gasteiger partial charge in [-0.15, -0.1) is 0 Å². The lowest BCUT2D eigenvalue weighted by molar-refractivity contribution is -0.145. The van der Waals surface area contributed by atoms with E-state index < -0.39 is 29.8 Å². The van der Waals surface area contributed by atoms with Gasteiger partial charge in [0.15, 0.2) is 0 Å². The Balaban J connectivity index is 2.15. The van der Waals surface area contributed by atoms with E-state index in [0.29, 0.717) is 18.7 Å². The molecule has 2 atom stereocenters. The molecule has 1 N–H and O–H groups in total. The van der Waals surface area contributed by atoms with E-state index >= 15 is 0 Å². The lowest BCUT2D eigenvalue weighted by atomic mass is 9.93. The minimum atomic E-state index is -4.53. The van der Waals surface area contributed by atoms with Crippen LogP contribution in [0.2, 0.25) is 5.02 Å². The number of aromatic nitrogens is 1. The zero-order chi connectivity index (χ0) is 19.6. The number of nitrogens with zero attached hydrogens (tertiary/aromatic N) is 2. The maximum absolute atomic E-state index is 13.2. The Morgan fingerprint density at radius 2 is 2.04 bits per heavy atom. The van der Waals surface area contributed by atoms with E-state index in [1.54, 1.807) is 23.1 Å². The summed E-state index contributed by atoms with van der Waals surface area (Å²) in [4.78, 5) is 17.7. The number of pyridine rings is 1. The van der Waals surface area contributed by atoms with Crippen LogP contribution in [0.3, 0.4) is 0 Å². The van der Waals surface area contributed by atoms with Crippen molar-refractivity contribution in [1.82, 2.24) is 9.88 Å². The lowest BCUT2D eigenvalue weighted by Crippen LogP contribution is -2.47. The van der Waals surface area contributed by atoms with Crippen LogP contribution in [-0.2, 0) is 11.0 Å². The topological polar surface area (TPSA) is 53.4 Å². The summed E-state index contributed by atoms with van der Waals surface area (Å²) < 4.78 is 39.7. The van der Waals surface area contributed by atoms with Gasteiger partial charge in [-0.25, -0.2) is 0 Å². The van der Waals surface area contributed by atoms with Gasteiger partial charge in [0.2, 0.25) is 0 Å². The molecule has 0 aliphatic carbocycles. The summed E-state index contributed by atoms with van der Waals surface area (Å²) in [7, 11) is 0. The number of aliphatic carboxylic acids is 1. The zero-order valence-corrected chi connectivity index (χ0v) is 15.0. The summed E-state index contributed by atoms with van der Waals surface area (Å²) in [5, 5.41) is 9.78. The van der Waals surface area contributed by atoms with E-state index in [1.165, 1.54) is 12.3 Å². The van der Waals surface area contributed by atoms with Crippen LogP contribution in [0.4, 0.5) is 13.2 Å². The molecule has 1 aromatic carbocycles. The molecule has 27 heavy (non-hydrogen) atoms. The number of likely N-dealkylation sites (tertiary alicyclic amines) is 1. The predicted molar refractivity (Wildman–Crippen MR) is 94.5 cm³/mol. The fraction of sp³-hybridized carbons (Fsp3) is 0.368. The Hall–Kier alpha value is -2.12. The minimum Gasteiger partial charge on any atom is -0.480 e. The molecule has 8 heteroatoms. The highest BCUT2D eigenvalue weighted by Gasteiger charge is 2.38. The molecule has 1 aliphatic rings. The maximum atomic E-state index is 13.2. The molecular weight excluding hydrogens is 381 g/mol. The first-order valence-electron chi connectivity index (χ1n) is 8.55. The van der Waals surface area contributed by atoms with Crippen molar-refractivity contribution in [2.45, 2.75) is 37.5 Å². The monoisotopic (exact) mass is 398 g/mol. The van der Waals surface area contributed by atoms with Crippen LogP contribution in [0.25, 0.3) is 0 Å². The van der Waals surface area contributed by atoms with E-state index in [1.807, 2.05) is 0 Å². The van der Waals surface area contributed by atoms with Gasteiger partial charge < -0.3 is 5.11 Å². The van der Waals surface area contributed by atoms with Crippen LogP contribution in [0.15, 0.2) is 42.6 Å². The number of alkyl halides is 3. The Kier molecular flexibility index (Phi) is 5.72. The Bertz CT molecular complexity index is 814. The third kappa shape index (κ3) is 4.25. The summed E-state index contributed by atoms with van der Waals surface area (Å²) in [6, 6.07) is 6.63. The molecule has 144 valence electrons. The van der Waals surface area contributed by atoms with Crippen LogP contribution in [0, 0.1) is 0 Å². The average molecular weight is 399 g/mol. The van der Waals surface area contributed by atoms with Crippen molar-refractivity contribution in [2.24, 2.45) is 0 Å². The van der Waals surface area contributed by atoms with Gasteiger partial charge in [0, 0.05) is 11.2 Å². The summed E-state index contributed by atoms with van der Waals surface area (Å²) in [5.41, 5.74) is -0.156. The molecule has 0 saturated carbocycles. The average Bonchev–Trinajstić information content (AvgIpc) is 2.64. The molecule has 4 nitrogen and oxygen atoms in total. The van der Waals surface area contributed by atoms with Gasteiger partial charge in [0.25, 0.3) is 0 Å². The van der Waals surface area contributed by atoms with Crippen LogP contribution in [0.5, 0.6) is 0 Å². The minimum absolute atomic E-state index is 0.147. The lowest BCUT2D eigenvalue weighted by Gasteiger charge is -2.39. The Morgan fingerprint density at radius 1 is 1.26 bits per heavy atom. The van der Waals surface area contributed by atoms with E-state index in [2.05, 4.69) is 4.98 Å². The summed E-state index contributed by atoms with van der Waals surface area (Å²) in [6.07, 6.45) is -1.07. The van der Waals surface area contributed by atoms with Gasteiger partial charge >= 0.3 is 12.1 Å². The van der Waals surface area contributed by atoms with Gasteiger partial charge in [-0.05, 0) is 55.3 Å². The smallest absolute Gasteiger partial charge is 0.416 e. The number of hydrogen-bond acceptors (Lipinski definition) is 3. The fourth-order valence-corrected chi connectivity index (χ4v) is 3.72. The highest BCUT2D eigenvalue weighted by Crippen LogP contribution is 2.39. The fourth-order valence-electron chi connectivity index (χ4n) is 3.50. The maximum Gasteiger partial charge on any atom is 0.416 e. The summed E-state index contributed by atoms with van der Waals surface area (Å²) in [6.45, 7) is 0.435. The number of carboxylic acid groups (broad SMARTS) is 1. The first kappa shape index (κ1) is 19.6. The highest BCUT2D eigenvalue weighted by molar-refractivity contribution is 6.31. The van der Waals surface area contributed by atoms with Crippen molar-refractivity contribution in [3.8, 4) is 0 Å². The molecular formula is C19H18ClF3N2O2. The van der Waals surface area contributed by atoms with Gasteiger partial charge in [0.1, 0.15) is 6.04 Å². The largest absolute Gasteiger partial charge is 0.480 e. The quantitative estimate of drug-likeness (QED) is 0.805. The van der Waals surface area contributed by atoms with Crippen LogP contribution in [-0.4, -0.2) is 33.5 Å². The molecule has 1 saturated heterocycles. The number of hydrogen-bond donors (Lipinski definition) is 1. The Labute approximate surface area is 159 Å². The van der Waals surface area contributed by atoms with E-state index in [0.717, 1.165) is 25.0 Å². The van der Waals surface area contributed by atoms with Crippen molar-refractivity contribution in [3.05, 3.63) is 64.4 Å². The van der Waals surface area contributed by atoms with Crippen LogP contribution in [0.1, 0.15) is 42.1 Å². The van der Waals surface area contributed by atoms with Crippen molar-refractivity contribution in [3.63, 3.8) is 0 Å². The standard InChI is InChI=1S/C19H18ClF3N2O2/c20-14-8-7-12(19(21,22)23)11-13(14)17(15-5-1-3-9-24-15)25-10-4-2-6-16(25)18(26)27/h1,3,5,7-9,11,16-17H,2,4,6,10H2,(H,26,27). The van der Waals surface area contributed by atoms with Crippen LogP contribution < -0.4 is 0 Å². The molecule has 1 aromatic heterocycles. The Morgan fingerprint density at radius 3 is 2.67 bits per heavy atom. The SMILES string of the molecule is O=C(O)C1CCCCN1C(c1ccccn1)c1cc(C(F)(F)F)ccc1Cl. The second kappa shape index (κ2) is 7.86. The summed E-state index contributed by atoms with van der Waals surface area (Å²) >= 11 is 6.27. The first-order chi connectivity index (χ1) is 12.8. The number of carbonyl (C=O) groups is 1. The van der Waals surface area contributed by atoms with E-state index in [9.17, 15) is 23.1 Å². The molecule has 2 aromatic rings. The number of rotatable bonds is 4.